The van der Waals surface area contributed by atoms with Gasteiger partial charge < -0.3 is 0 Å². The van der Waals surface area contributed by atoms with Crippen LogP contribution in [0.1, 0.15) is 11.1 Å². The fraction of sp³-hybridized carbons (Fsp3) is 0. The highest BCUT2D eigenvalue weighted by molar-refractivity contribution is 7.87. The third-order valence-corrected chi connectivity index (χ3v) is 9.82. The third-order valence-electron chi connectivity index (χ3n) is 6.32. The van der Waals surface area contributed by atoms with Gasteiger partial charge in [-0.05, 0) is 11.1 Å². The Labute approximate surface area is 200 Å². The van der Waals surface area contributed by atoms with Gasteiger partial charge in [0.05, 0.1) is 7.05 Å². The van der Waals surface area contributed by atoms with Gasteiger partial charge in [-0.1, -0.05) is 140 Å². The second-order valence-electron chi connectivity index (χ2n) is 8.27. The van der Waals surface area contributed by atoms with Crippen molar-refractivity contribution in [2.75, 3.05) is 0 Å². The number of fused-ring (bicyclic) bond motifs is 3. The lowest BCUT2D eigenvalue weighted by Gasteiger charge is -2.25. The van der Waals surface area contributed by atoms with Crippen molar-refractivity contribution in [3.8, 4) is 11.1 Å². The first-order valence-electron chi connectivity index (χ1n) is 11.4. The molecule has 1 aliphatic rings. The summed E-state index contributed by atoms with van der Waals surface area (Å²) in [6.07, 6.45) is 0. The molecule has 1 aliphatic carbocycles. The van der Waals surface area contributed by atoms with Crippen molar-refractivity contribution >= 4 is 28.7 Å². The van der Waals surface area contributed by atoms with Gasteiger partial charge in [0.2, 0.25) is 0 Å². The van der Waals surface area contributed by atoms with Crippen LogP contribution in [0.15, 0.2) is 149 Å². The normalized spacial score (nSPS) is 12.1. The summed E-state index contributed by atoms with van der Waals surface area (Å²) in [5, 5.41) is 8.67. The number of hydrogen-bond acceptors (Lipinski definition) is 1. The standard InChI is InChI=1S/C31H23N2P/c1-4-14-24(15-5-1)34(25-16-6-2-7-17-25,26-18-8-3-9-19-26)33-32-31-29-22-12-10-20-27(29)28-21-11-13-23-30(28)31/h1-23H. The molecule has 3 heteroatoms. The fourth-order valence-corrected chi connectivity index (χ4v) is 7.99. The van der Waals surface area contributed by atoms with Crippen molar-refractivity contribution in [2.24, 2.45) is 9.96 Å². The highest BCUT2D eigenvalue weighted by Crippen LogP contribution is 2.47. The Morgan fingerprint density at radius 2 is 0.676 bits per heavy atom. The zero-order valence-electron chi connectivity index (χ0n) is 18.6. The van der Waals surface area contributed by atoms with E-state index >= 15 is 0 Å². The van der Waals surface area contributed by atoms with Gasteiger partial charge in [-0.25, -0.2) is 0 Å². The summed E-state index contributed by atoms with van der Waals surface area (Å²) in [5.41, 5.74) is 5.66. The Hall–Kier alpha value is -4.00. The van der Waals surface area contributed by atoms with Gasteiger partial charge in [0.25, 0.3) is 0 Å². The predicted molar refractivity (Wildman–Crippen MR) is 145 cm³/mol. The maximum absolute atomic E-state index is 5.34. The van der Waals surface area contributed by atoms with Crippen molar-refractivity contribution in [1.29, 1.82) is 0 Å². The number of rotatable bonds is 4. The zero-order valence-corrected chi connectivity index (χ0v) is 19.5. The molecule has 0 aliphatic heterocycles. The molecule has 5 aromatic rings. The van der Waals surface area contributed by atoms with Crippen LogP contribution in [0.25, 0.3) is 11.1 Å². The maximum Gasteiger partial charge on any atom is 0.101 e. The molecule has 0 spiro atoms. The SMILES string of the molecule is c1ccc(P(=NN=C2c3ccccc3-c3ccccc32)(c2ccccc2)c2ccccc2)cc1. The van der Waals surface area contributed by atoms with Crippen LogP contribution in [-0.2, 0) is 0 Å². The van der Waals surface area contributed by atoms with E-state index in [1.165, 1.54) is 27.0 Å². The Morgan fingerprint density at radius 3 is 1.06 bits per heavy atom. The van der Waals surface area contributed by atoms with Crippen molar-refractivity contribution in [3.63, 3.8) is 0 Å². The summed E-state index contributed by atoms with van der Waals surface area (Å²) in [5.74, 6) is 0. The van der Waals surface area contributed by atoms with Gasteiger partial charge >= 0.3 is 0 Å². The molecule has 0 amide bonds. The molecular formula is C31H23N2P. The van der Waals surface area contributed by atoms with Crippen LogP contribution in [0.3, 0.4) is 0 Å². The minimum Gasteiger partial charge on any atom is -0.158 e. The number of nitrogens with zero attached hydrogens (tertiary/aromatic N) is 2. The van der Waals surface area contributed by atoms with E-state index in [1.54, 1.807) is 0 Å². The average Bonchev–Trinajstić information content (AvgIpc) is 3.25. The molecule has 6 rings (SSSR count). The van der Waals surface area contributed by atoms with Crippen LogP contribution in [0.4, 0.5) is 0 Å². The monoisotopic (exact) mass is 454 g/mol. The van der Waals surface area contributed by atoms with E-state index in [0.717, 1.165) is 16.8 Å². The lowest BCUT2D eigenvalue weighted by atomic mass is 10.1. The molecule has 0 aromatic heterocycles. The number of benzene rings is 5. The molecule has 5 aromatic carbocycles. The van der Waals surface area contributed by atoms with Gasteiger partial charge in [-0.3, -0.25) is 0 Å². The second kappa shape index (κ2) is 8.74. The largest absolute Gasteiger partial charge is 0.158 e. The first-order chi connectivity index (χ1) is 16.9. The predicted octanol–water partition coefficient (Wildman–Crippen LogP) is 6.60. The van der Waals surface area contributed by atoms with E-state index in [-0.39, 0.29) is 0 Å². The molecule has 162 valence electrons. The Bertz CT molecular complexity index is 1390. The van der Waals surface area contributed by atoms with Crippen LogP contribution in [0.2, 0.25) is 0 Å². The van der Waals surface area contributed by atoms with Gasteiger partial charge in [-0.15, -0.1) is 0 Å². The zero-order chi connectivity index (χ0) is 22.8. The molecular weight excluding hydrogens is 431 g/mol. The Morgan fingerprint density at radius 1 is 0.353 bits per heavy atom. The molecule has 0 fully saturated rings. The van der Waals surface area contributed by atoms with Gasteiger partial charge in [0.15, 0.2) is 0 Å². The molecule has 0 unspecified atom stereocenters. The summed E-state index contributed by atoms with van der Waals surface area (Å²) in [4.78, 5) is 5.34. The van der Waals surface area contributed by atoms with E-state index in [1.807, 2.05) is 0 Å². The first-order valence-corrected chi connectivity index (χ1v) is 13.2. The average molecular weight is 455 g/mol. The summed E-state index contributed by atoms with van der Waals surface area (Å²) >= 11 is 0. The topological polar surface area (TPSA) is 24.7 Å². The molecule has 2 nitrogen and oxygen atoms in total. The smallest absolute Gasteiger partial charge is 0.101 e. The van der Waals surface area contributed by atoms with E-state index in [2.05, 4.69) is 140 Å². The maximum atomic E-state index is 5.34. The molecule has 0 atom stereocenters. The van der Waals surface area contributed by atoms with Gasteiger partial charge in [0.1, 0.15) is 5.71 Å². The van der Waals surface area contributed by atoms with Crippen LogP contribution in [0, 0.1) is 0 Å². The van der Waals surface area contributed by atoms with Gasteiger partial charge in [-0.2, -0.15) is 9.96 Å². The van der Waals surface area contributed by atoms with E-state index in [0.29, 0.717) is 0 Å². The van der Waals surface area contributed by atoms with Crippen molar-refractivity contribution in [1.82, 2.24) is 0 Å². The lowest BCUT2D eigenvalue weighted by Crippen LogP contribution is -2.25. The molecule has 0 saturated heterocycles. The first kappa shape index (κ1) is 20.6. The van der Waals surface area contributed by atoms with E-state index in [9.17, 15) is 0 Å². The van der Waals surface area contributed by atoms with Crippen LogP contribution >= 0.6 is 7.05 Å². The van der Waals surface area contributed by atoms with Crippen LogP contribution in [0.5, 0.6) is 0 Å². The van der Waals surface area contributed by atoms with Crippen molar-refractivity contribution in [2.45, 2.75) is 0 Å². The fourth-order valence-electron chi connectivity index (χ4n) is 4.75. The number of hydrogen-bond donors (Lipinski definition) is 0. The lowest BCUT2D eigenvalue weighted by molar-refractivity contribution is 1.27. The quantitative estimate of drug-likeness (QED) is 0.212. The van der Waals surface area contributed by atoms with E-state index < -0.39 is 7.05 Å². The van der Waals surface area contributed by atoms with Gasteiger partial charge in [0, 0.05) is 27.0 Å². The Kier molecular flexibility index (Phi) is 5.30. The van der Waals surface area contributed by atoms with Crippen molar-refractivity contribution in [3.05, 3.63) is 151 Å². The highest BCUT2D eigenvalue weighted by atomic mass is 31.2. The highest BCUT2D eigenvalue weighted by Gasteiger charge is 2.29. The molecule has 0 radical (unpaired) electrons. The molecule has 0 bridgehead atoms. The van der Waals surface area contributed by atoms with Crippen LogP contribution < -0.4 is 15.9 Å². The minimum atomic E-state index is -2.39. The molecule has 0 heterocycles. The summed E-state index contributed by atoms with van der Waals surface area (Å²) in [7, 11) is -2.39. The summed E-state index contributed by atoms with van der Waals surface area (Å²) < 4.78 is 0. The summed E-state index contributed by atoms with van der Waals surface area (Å²) in [6, 6.07) is 48.9. The molecule has 34 heavy (non-hydrogen) atoms. The second-order valence-corrected chi connectivity index (χ2v) is 11.3. The molecule has 0 N–H and O–H groups in total. The van der Waals surface area contributed by atoms with Crippen LogP contribution in [-0.4, -0.2) is 5.71 Å². The van der Waals surface area contributed by atoms with Crippen molar-refractivity contribution < 1.29 is 0 Å². The third kappa shape index (κ3) is 3.36. The Balaban J connectivity index is 1.70. The minimum absolute atomic E-state index is 0.943. The van der Waals surface area contributed by atoms with E-state index in [4.69, 9.17) is 9.96 Å². The molecule has 0 saturated carbocycles. The summed E-state index contributed by atoms with van der Waals surface area (Å²) in [6.45, 7) is 0.